The fourth-order valence-electron chi connectivity index (χ4n) is 7.15. The van der Waals surface area contributed by atoms with Crippen molar-refractivity contribution in [2.45, 2.75) is 50.7 Å². The van der Waals surface area contributed by atoms with Gasteiger partial charge < -0.3 is 29.1 Å². The number of aromatic nitrogens is 1. The second-order valence-corrected chi connectivity index (χ2v) is 14.9. The first-order chi connectivity index (χ1) is 28.2. The van der Waals surface area contributed by atoms with Crippen LogP contribution in [-0.2, 0) is 42.1 Å². The molecule has 13 heteroatoms. The van der Waals surface area contributed by atoms with Crippen LogP contribution in [0.5, 0.6) is 17.2 Å². The summed E-state index contributed by atoms with van der Waals surface area (Å²) in [5.41, 5.74) is 6.85. The van der Waals surface area contributed by atoms with Crippen LogP contribution in [0.1, 0.15) is 45.4 Å². The average molecular weight is 816 g/mol. The normalized spacial score (nSPS) is 16.4. The Bertz CT molecular complexity index is 2470. The Morgan fingerprint density at radius 2 is 1.64 bits per heavy atom. The Kier molecular flexibility index (Phi) is 11.3. The highest BCUT2D eigenvalue weighted by molar-refractivity contribution is 6.42. The lowest BCUT2D eigenvalue weighted by Gasteiger charge is -2.37. The van der Waals surface area contributed by atoms with Gasteiger partial charge in [-0.1, -0.05) is 77.8 Å². The van der Waals surface area contributed by atoms with Crippen LogP contribution in [0.4, 0.5) is 0 Å². The van der Waals surface area contributed by atoms with Gasteiger partial charge in [-0.15, -0.1) is 0 Å². The summed E-state index contributed by atoms with van der Waals surface area (Å²) in [5.74, 6) is 0.725. The lowest BCUT2D eigenvalue weighted by atomic mass is 9.92. The Labute approximate surface area is 344 Å². The number of carboxylic acid groups (broad SMARTS) is 1. The van der Waals surface area contributed by atoms with E-state index < -0.39 is 24.0 Å². The molecule has 6 aromatic rings. The summed E-state index contributed by atoms with van der Waals surface area (Å²) >= 11 is 12.2. The molecule has 0 spiro atoms. The number of carbonyl (C=O) groups is 2. The fourth-order valence-corrected chi connectivity index (χ4v) is 7.47. The maximum Gasteiger partial charge on any atom is 0.326 e. The molecule has 3 heterocycles. The van der Waals surface area contributed by atoms with E-state index in [9.17, 15) is 14.7 Å². The van der Waals surface area contributed by atoms with Crippen LogP contribution < -0.4 is 19.5 Å². The molecule has 0 fully saturated rings. The maximum atomic E-state index is 14.0. The molecule has 292 valence electrons. The van der Waals surface area contributed by atoms with Gasteiger partial charge in [0.25, 0.3) is 0 Å². The number of carbonyl (C=O) groups excluding carboxylic acids is 1. The number of fused-ring (bicyclic) bond motifs is 2. The van der Waals surface area contributed by atoms with Gasteiger partial charge in [0.05, 0.1) is 40.5 Å². The van der Waals surface area contributed by atoms with Crippen LogP contribution in [0.2, 0.25) is 10.0 Å². The highest BCUT2D eigenvalue weighted by Gasteiger charge is 2.36. The highest BCUT2D eigenvalue weighted by atomic mass is 35.5. The van der Waals surface area contributed by atoms with E-state index in [4.69, 9.17) is 47.1 Å². The van der Waals surface area contributed by atoms with Crippen molar-refractivity contribution in [2.75, 3.05) is 6.61 Å². The van der Waals surface area contributed by atoms with Gasteiger partial charge in [-0.05, 0) is 93.9 Å². The molecule has 11 nitrogen and oxygen atoms in total. The zero-order valence-electron chi connectivity index (χ0n) is 30.9. The van der Waals surface area contributed by atoms with Crippen LogP contribution in [-0.4, -0.2) is 45.6 Å². The average Bonchev–Trinajstić information content (AvgIpc) is 3.76. The highest BCUT2D eigenvalue weighted by Crippen LogP contribution is 2.41. The van der Waals surface area contributed by atoms with Crippen molar-refractivity contribution in [3.8, 4) is 34.4 Å². The van der Waals surface area contributed by atoms with Gasteiger partial charge in [0.2, 0.25) is 11.8 Å². The Hall–Kier alpha value is -6.32. The van der Waals surface area contributed by atoms with Gasteiger partial charge in [0, 0.05) is 13.0 Å². The van der Waals surface area contributed by atoms with Gasteiger partial charge >= 0.3 is 5.97 Å². The summed E-state index contributed by atoms with van der Waals surface area (Å²) in [7, 11) is 0. The molecule has 2 aliphatic heterocycles. The molecule has 5 aromatic carbocycles. The van der Waals surface area contributed by atoms with Gasteiger partial charge in [0.15, 0.2) is 17.6 Å². The van der Waals surface area contributed by atoms with E-state index in [2.05, 4.69) is 16.4 Å². The summed E-state index contributed by atoms with van der Waals surface area (Å²) in [6.45, 7) is 1.21. The van der Waals surface area contributed by atoms with Gasteiger partial charge in [0.1, 0.15) is 31.3 Å². The Morgan fingerprint density at radius 3 is 2.33 bits per heavy atom. The van der Waals surface area contributed by atoms with Crippen molar-refractivity contribution in [3.05, 3.63) is 165 Å². The Morgan fingerprint density at radius 1 is 0.914 bits per heavy atom. The zero-order chi connectivity index (χ0) is 40.2. The number of nitrogens with zero attached hydrogens (tertiary/aromatic N) is 3. The van der Waals surface area contributed by atoms with E-state index in [1.165, 1.54) is 6.26 Å². The predicted octanol–water partition coefficient (Wildman–Crippen LogP) is 8.35. The molecule has 58 heavy (non-hydrogen) atoms. The number of carboxylic acids is 1. The molecular weight excluding hydrogens is 779 g/mol. The number of nitrogens with one attached hydrogen (secondary N) is 1. The predicted molar refractivity (Wildman–Crippen MR) is 216 cm³/mol. The largest absolute Gasteiger partial charge is 0.489 e. The first-order valence-corrected chi connectivity index (χ1v) is 19.3. The summed E-state index contributed by atoms with van der Waals surface area (Å²) in [6, 6.07) is 31.9. The minimum absolute atomic E-state index is 0.0894. The summed E-state index contributed by atoms with van der Waals surface area (Å²) in [5, 5.41) is 23.1. The molecule has 1 amide bonds. The fraction of sp³-hybridized carbons (Fsp3) is 0.200. The van der Waals surface area contributed by atoms with Crippen LogP contribution in [0.15, 0.2) is 120 Å². The molecule has 3 atom stereocenters. The molecule has 0 radical (unpaired) electrons. The summed E-state index contributed by atoms with van der Waals surface area (Å²) in [6.07, 6.45) is 3.06. The van der Waals surface area contributed by atoms with Crippen LogP contribution >= 0.6 is 23.2 Å². The van der Waals surface area contributed by atoms with Crippen molar-refractivity contribution < 1.29 is 33.3 Å². The molecule has 1 aromatic heterocycles. The SMILES string of the molecule is N#Cc1ccc(-c2ccc(CC(NC(=O)[C@@H]3Cc4cc5c(cc4CN3Cc3ncco3)O[C@@H](c3ccc(OCc4ccc(Cl)c(Cl)c4)cc3)CO5)C(=O)O)cc2)cc1. The van der Waals surface area contributed by atoms with Crippen molar-refractivity contribution >= 4 is 35.1 Å². The van der Waals surface area contributed by atoms with Gasteiger partial charge in [-0.25, -0.2) is 9.78 Å². The Balaban J connectivity index is 0.945. The van der Waals surface area contributed by atoms with Gasteiger partial charge in [-0.3, -0.25) is 9.69 Å². The van der Waals surface area contributed by atoms with E-state index in [0.717, 1.165) is 38.9 Å². The number of nitriles is 1. The number of amides is 1. The third-order valence-electron chi connectivity index (χ3n) is 10.3. The van der Waals surface area contributed by atoms with Crippen LogP contribution in [0, 0.1) is 11.3 Å². The van der Waals surface area contributed by atoms with Crippen molar-refractivity contribution in [1.82, 2.24) is 15.2 Å². The van der Waals surface area contributed by atoms with Crippen molar-refractivity contribution in [1.29, 1.82) is 5.26 Å². The first-order valence-electron chi connectivity index (χ1n) is 18.6. The second kappa shape index (κ2) is 17.0. The molecule has 0 aliphatic carbocycles. The van der Waals surface area contributed by atoms with E-state index in [0.29, 0.717) is 58.3 Å². The summed E-state index contributed by atoms with van der Waals surface area (Å²) < 4.78 is 24.2. The number of halogens is 2. The maximum absolute atomic E-state index is 14.0. The number of rotatable bonds is 12. The molecule has 0 bridgehead atoms. The number of oxazole rings is 1. The quantitative estimate of drug-likeness (QED) is 0.124. The molecule has 0 saturated carbocycles. The lowest BCUT2D eigenvalue weighted by molar-refractivity contribution is -0.143. The number of hydrogen-bond acceptors (Lipinski definition) is 9. The first kappa shape index (κ1) is 38.5. The monoisotopic (exact) mass is 814 g/mol. The van der Waals surface area contributed by atoms with Crippen LogP contribution in [0.3, 0.4) is 0 Å². The summed E-state index contributed by atoms with van der Waals surface area (Å²) in [4.78, 5) is 32.7. The third-order valence-corrected chi connectivity index (χ3v) is 11.0. The van der Waals surface area contributed by atoms with Crippen LogP contribution in [0.25, 0.3) is 11.1 Å². The van der Waals surface area contributed by atoms with E-state index in [-0.39, 0.29) is 25.7 Å². The number of aliphatic carboxylic acids is 1. The number of ether oxygens (including phenoxy) is 3. The standard InChI is InChI=1S/C45H36Cl2N4O7/c46-36-14-5-29(17-37(36)47)25-56-35-12-10-32(11-13-35)42-26-57-40-20-33-19-39(51(24-43-49-15-16-55-43)23-34(33)21-41(40)58-42)44(52)50-38(45(53)54)18-27-1-6-30(7-2-27)31-8-3-28(22-48)4-9-31/h1-17,20-21,38-39,42H,18-19,23-26H2,(H,50,52)(H,53,54)/t38?,39-,42+/m0/s1. The minimum Gasteiger partial charge on any atom is -0.489 e. The molecule has 1 unspecified atom stereocenters. The lowest BCUT2D eigenvalue weighted by Crippen LogP contribution is -2.54. The number of hydrogen-bond donors (Lipinski definition) is 2. The smallest absolute Gasteiger partial charge is 0.326 e. The van der Waals surface area contributed by atoms with Gasteiger partial charge in [-0.2, -0.15) is 5.26 Å². The van der Waals surface area contributed by atoms with Crippen molar-refractivity contribution in [3.63, 3.8) is 0 Å². The molecule has 2 N–H and O–H groups in total. The van der Waals surface area contributed by atoms with Crippen molar-refractivity contribution in [2.24, 2.45) is 0 Å². The molecule has 2 aliphatic rings. The zero-order valence-corrected chi connectivity index (χ0v) is 32.5. The van der Waals surface area contributed by atoms with E-state index >= 15 is 0 Å². The third kappa shape index (κ3) is 8.80. The van der Waals surface area contributed by atoms with E-state index in [1.807, 2.05) is 83.8 Å². The van der Waals surface area contributed by atoms with E-state index in [1.54, 1.807) is 30.5 Å². The molecular formula is C45H36Cl2N4O7. The number of benzene rings is 5. The molecule has 8 rings (SSSR count). The second-order valence-electron chi connectivity index (χ2n) is 14.1. The molecule has 0 saturated heterocycles. The topological polar surface area (TPSA) is 147 Å². The minimum atomic E-state index is -1.17.